The molecule has 2 nitrogen and oxygen atoms in total. The largest absolute Gasteiger partial charge is 0.496 e. The molecule has 1 aliphatic carbocycles. The Kier molecular flexibility index (Phi) is 5.71. The first-order valence-corrected chi connectivity index (χ1v) is 8.09. The van der Waals surface area contributed by atoms with E-state index < -0.39 is 0 Å². The van der Waals surface area contributed by atoms with Gasteiger partial charge in [0.05, 0.1) is 11.6 Å². The molecule has 19 heavy (non-hydrogen) atoms. The van der Waals surface area contributed by atoms with Crippen molar-refractivity contribution in [2.75, 3.05) is 13.7 Å². The van der Waals surface area contributed by atoms with Gasteiger partial charge in [-0.1, -0.05) is 19.4 Å². The Morgan fingerprint density at radius 1 is 1.37 bits per heavy atom. The maximum atomic E-state index is 5.28. The first-order chi connectivity index (χ1) is 9.24. The van der Waals surface area contributed by atoms with Gasteiger partial charge in [0.25, 0.3) is 0 Å². The third-order valence-corrected chi connectivity index (χ3v) is 4.65. The zero-order chi connectivity index (χ0) is 13.7. The summed E-state index contributed by atoms with van der Waals surface area (Å²) in [6.07, 6.45) is 6.44. The highest BCUT2D eigenvalue weighted by molar-refractivity contribution is 9.10. The molecule has 0 amide bonds. The third kappa shape index (κ3) is 3.96. The van der Waals surface area contributed by atoms with E-state index in [9.17, 15) is 0 Å². The maximum absolute atomic E-state index is 5.28. The highest BCUT2D eigenvalue weighted by atomic mass is 79.9. The molecule has 2 unspecified atom stereocenters. The van der Waals surface area contributed by atoms with Gasteiger partial charge in [-0.15, -0.1) is 0 Å². The number of rotatable bonds is 6. The van der Waals surface area contributed by atoms with Gasteiger partial charge in [0, 0.05) is 6.04 Å². The molecule has 106 valence electrons. The van der Waals surface area contributed by atoms with Crippen LogP contribution in [0.4, 0.5) is 0 Å². The van der Waals surface area contributed by atoms with Crippen LogP contribution in [0.1, 0.15) is 38.2 Å². The van der Waals surface area contributed by atoms with Crippen molar-refractivity contribution in [1.82, 2.24) is 5.32 Å². The van der Waals surface area contributed by atoms with Crippen molar-refractivity contribution >= 4 is 15.9 Å². The second kappa shape index (κ2) is 7.30. The number of hydrogen-bond acceptors (Lipinski definition) is 2. The molecule has 0 radical (unpaired) electrons. The van der Waals surface area contributed by atoms with E-state index in [0.29, 0.717) is 6.04 Å². The van der Waals surface area contributed by atoms with Crippen LogP contribution in [-0.2, 0) is 6.42 Å². The summed E-state index contributed by atoms with van der Waals surface area (Å²) in [6, 6.07) is 7.16. The van der Waals surface area contributed by atoms with Crippen LogP contribution in [0.25, 0.3) is 0 Å². The maximum Gasteiger partial charge on any atom is 0.133 e. The summed E-state index contributed by atoms with van der Waals surface area (Å²) in [6.45, 7) is 3.38. The fraction of sp³-hybridized carbons (Fsp3) is 0.625. The Labute approximate surface area is 125 Å². The molecule has 1 saturated carbocycles. The number of halogens is 1. The molecule has 0 aliphatic heterocycles. The fourth-order valence-corrected chi connectivity index (χ4v) is 3.61. The summed E-state index contributed by atoms with van der Waals surface area (Å²) in [5, 5.41) is 3.70. The number of ether oxygens (including phenoxy) is 1. The molecule has 1 N–H and O–H groups in total. The van der Waals surface area contributed by atoms with E-state index in [1.165, 1.54) is 37.7 Å². The molecular weight excluding hydrogens is 302 g/mol. The number of methoxy groups -OCH3 is 1. The van der Waals surface area contributed by atoms with Crippen LogP contribution >= 0.6 is 15.9 Å². The lowest BCUT2D eigenvalue weighted by Crippen LogP contribution is -2.33. The van der Waals surface area contributed by atoms with Crippen molar-refractivity contribution in [2.45, 2.75) is 45.1 Å². The molecule has 1 fully saturated rings. The molecule has 0 heterocycles. The van der Waals surface area contributed by atoms with Gasteiger partial charge in [0.2, 0.25) is 0 Å². The van der Waals surface area contributed by atoms with Gasteiger partial charge in [-0.05, 0) is 71.8 Å². The smallest absolute Gasteiger partial charge is 0.133 e. The second-order valence-corrected chi connectivity index (χ2v) is 6.28. The first kappa shape index (κ1) is 14.9. The average molecular weight is 326 g/mol. The Hall–Kier alpha value is -0.540. The molecule has 0 saturated heterocycles. The van der Waals surface area contributed by atoms with Crippen LogP contribution in [0.2, 0.25) is 0 Å². The van der Waals surface area contributed by atoms with Crippen molar-refractivity contribution < 1.29 is 4.74 Å². The molecule has 1 aliphatic rings. The zero-order valence-electron chi connectivity index (χ0n) is 11.9. The summed E-state index contributed by atoms with van der Waals surface area (Å²) in [5.41, 5.74) is 1.41. The molecular formula is C16H24BrNO. The van der Waals surface area contributed by atoms with E-state index in [-0.39, 0.29) is 0 Å². The Morgan fingerprint density at radius 3 is 2.89 bits per heavy atom. The van der Waals surface area contributed by atoms with Gasteiger partial charge in [0.1, 0.15) is 5.75 Å². The average Bonchev–Trinajstić information content (AvgIpc) is 2.84. The van der Waals surface area contributed by atoms with Gasteiger partial charge in [-0.25, -0.2) is 0 Å². The lowest BCUT2D eigenvalue weighted by Gasteiger charge is -2.21. The van der Waals surface area contributed by atoms with E-state index in [2.05, 4.69) is 46.4 Å². The van der Waals surface area contributed by atoms with Crippen molar-refractivity contribution in [3.63, 3.8) is 0 Å². The minimum atomic E-state index is 0.709. The lowest BCUT2D eigenvalue weighted by atomic mass is 9.94. The molecule has 0 bridgehead atoms. The summed E-state index contributed by atoms with van der Waals surface area (Å²) in [5.74, 6) is 1.70. The number of hydrogen-bond donors (Lipinski definition) is 1. The zero-order valence-corrected chi connectivity index (χ0v) is 13.5. The topological polar surface area (TPSA) is 21.3 Å². The van der Waals surface area contributed by atoms with Gasteiger partial charge < -0.3 is 10.1 Å². The summed E-state index contributed by atoms with van der Waals surface area (Å²) < 4.78 is 6.34. The van der Waals surface area contributed by atoms with Crippen molar-refractivity contribution in [3.05, 3.63) is 28.2 Å². The standard InChI is InChI=1S/C16H24BrNO/c1-3-9-18-15-6-4-5-13(15)10-12-7-8-16(19-2)14(17)11-12/h7-8,11,13,15,18H,3-6,9-10H2,1-2H3. The Bertz CT molecular complexity index is 408. The van der Waals surface area contributed by atoms with Gasteiger partial charge in [-0.3, -0.25) is 0 Å². The van der Waals surface area contributed by atoms with E-state index in [0.717, 1.165) is 22.7 Å². The van der Waals surface area contributed by atoms with Crippen molar-refractivity contribution in [2.24, 2.45) is 5.92 Å². The molecule has 3 heteroatoms. The third-order valence-electron chi connectivity index (χ3n) is 4.03. The van der Waals surface area contributed by atoms with Crippen LogP contribution in [0.15, 0.2) is 22.7 Å². The van der Waals surface area contributed by atoms with Crippen molar-refractivity contribution in [3.8, 4) is 5.75 Å². The highest BCUT2D eigenvalue weighted by Gasteiger charge is 2.26. The fourth-order valence-electron chi connectivity index (χ4n) is 3.02. The summed E-state index contributed by atoms with van der Waals surface area (Å²) in [7, 11) is 1.71. The molecule has 1 aromatic carbocycles. The van der Waals surface area contributed by atoms with Crippen LogP contribution in [0.3, 0.4) is 0 Å². The molecule has 1 aromatic rings. The van der Waals surface area contributed by atoms with Gasteiger partial charge in [0.15, 0.2) is 0 Å². The lowest BCUT2D eigenvalue weighted by molar-refractivity contribution is 0.397. The predicted molar refractivity (Wildman–Crippen MR) is 83.8 cm³/mol. The molecule has 0 spiro atoms. The van der Waals surface area contributed by atoms with E-state index in [4.69, 9.17) is 4.74 Å². The van der Waals surface area contributed by atoms with Gasteiger partial charge >= 0.3 is 0 Å². The minimum absolute atomic E-state index is 0.709. The predicted octanol–water partition coefficient (Wildman–Crippen LogP) is 4.17. The monoisotopic (exact) mass is 325 g/mol. The molecule has 0 aromatic heterocycles. The Balaban J connectivity index is 1.97. The molecule has 2 rings (SSSR count). The van der Waals surface area contributed by atoms with Crippen molar-refractivity contribution in [1.29, 1.82) is 0 Å². The highest BCUT2D eigenvalue weighted by Crippen LogP contribution is 2.31. The number of benzene rings is 1. The van der Waals surface area contributed by atoms with Crippen LogP contribution in [0.5, 0.6) is 5.75 Å². The Morgan fingerprint density at radius 2 is 2.21 bits per heavy atom. The summed E-state index contributed by atoms with van der Waals surface area (Å²) in [4.78, 5) is 0. The van der Waals surface area contributed by atoms with Crippen LogP contribution in [0, 0.1) is 5.92 Å². The van der Waals surface area contributed by atoms with Crippen LogP contribution in [-0.4, -0.2) is 19.7 Å². The first-order valence-electron chi connectivity index (χ1n) is 7.30. The normalized spacial score (nSPS) is 22.7. The quantitative estimate of drug-likeness (QED) is 0.847. The summed E-state index contributed by atoms with van der Waals surface area (Å²) >= 11 is 3.57. The number of nitrogens with one attached hydrogen (secondary N) is 1. The van der Waals surface area contributed by atoms with E-state index in [1.807, 2.05) is 0 Å². The van der Waals surface area contributed by atoms with Gasteiger partial charge in [-0.2, -0.15) is 0 Å². The SMILES string of the molecule is CCCNC1CCCC1Cc1ccc(OC)c(Br)c1. The minimum Gasteiger partial charge on any atom is -0.496 e. The van der Waals surface area contributed by atoms with E-state index in [1.54, 1.807) is 7.11 Å². The van der Waals surface area contributed by atoms with E-state index >= 15 is 0 Å². The molecule has 2 atom stereocenters. The van der Waals surface area contributed by atoms with Crippen LogP contribution < -0.4 is 10.1 Å². The second-order valence-electron chi connectivity index (χ2n) is 5.42.